The van der Waals surface area contributed by atoms with Crippen molar-refractivity contribution in [2.75, 3.05) is 0 Å². The lowest BCUT2D eigenvalue weighted by Gasteiger charge is -2.37. The van der Waals surface area contributed by atoms with Crippen molar-refractivity contribution in [3.8, 4) is 0 Å². The molecule has 90 valence electrons. The first-order valence-corrected chi connectivity index (χ1v) is 7.09. The van der Waals surface area contributed by atoms with Crippen LogP contribution >= 0.6 is 0 Å². The SMILES string of the molecule is C[C@@H]1CC[C@H]2C(C)(C)[C@@H]3C[C@]12C[C@H]1O[C@@]13C. The molecule has 0 aromatic carbocycles. The predicted octanol–water partition coefficient (Wildman–Crippen LogP) is 3.63. The van der Waals surface area contributed by atoms with Crippen molar-refractivity contribution >= 4 is 0 Å². The van der Waals surface area contributed by atoms with Crippen LogP contribution in [-0.2, 0) is 4.74 Å². The maximum absolute atomic E-state index is 6.09. The first-order chi connectivity index (χ1) is 7.41. The number of fused-ring (bicyclic) bond motifs is 3. The molecule has 0 unspecified atom stereocenters. The second kappa shape index (κ2) is 2.39. The second-order valence-corrected chi connectivity index (χ2v) is 7.84. The fourth-order valence-corrected chi connectivity index (χ4v) is 6.21. The van der Waals surface area contributed by atoms with Crippen LogP contribution in [0.4, 0.5) is 0 Å². The Hall–Kier alpha value is -0.0400. The largest absolute Gasteiger partial charge is 0.366 e. The van der Waals surface area contributed by atoms with E-state index >= 15 is 0 Å². The molecule has 4 rings (SSSR count). The van der Waals surface area contributed by atoms with Crippen LogP contribution in [-0.4, -0.2) is 11.7 Å². The smallest absolute Gasteiger partial charge is 0.0954 e. The lowest BCUT2D eigenvalue weighted by atomic mass is 9.66. The van der Waals surface area contributed by atoms with Gasteiger partial charge in [-0.15, -0.1) is 0 Å². The van der Waals surface area contributed by atoms with Crippen molar-refractivity contribution in [1.82, 2.24) is 0 Å². The van der Waals surface area contributed by atoms with Crippen molar-refractivity contribution < 1.29 is 4.74 Å². The summed E-state index contributed by atoms with van der Waals surface area (Å²) in [4.78, 5) is 0. The first kappa shape index (κ1) is 9.94. The molecule has 1 saturated heterocycles. The van der Waals surface area contributed by atoms with Crippen molar-refractivity contribution in [3.63, 3.8) is 0 Å². The average molecular weight is 220 g/mol. The predicted molar refractivity (Wildman–Crippen MR) is 64.1 cm³/mol. The van der Waals surface area contributed by atoms with E-state index in [-0.39, 0.29) is 5.60 Å². The highest BCUT2D eigenvalue weighted by molar-refractivity contribution is 5.24. The van der Waals surface area contributed by atoms with Gasteiger partial charge in [-0.05, 0) is 61.2 Å². The quantitative estimate of drug-likeness (QED) is 0.568. The zero-order valence-electron chi connectivity index (χ0n) is 11.0. The molecule has 0 aromatic heterocycles. The van der Waals surface area contributed by atoms with Gasteiger partial charge in [-0.2, -0.15) is 0 Å². The van der Waals surface area contributed by atoms with Gasteiger partial charge in [0, 0.05) is 0 Å². The van der Waals surface area contributed by atoms with Gasteiger partial charge in [0.25, 0.3) is 0 Å². The molecule has 0 amide bonds. The first-order valence-electron chi connectivity index (χ1n) is 7.09. The maximum atomic E-state index is 6.09. The molecule has 1 aliphatic heterocycles. The molecule has 6 atom stereocenters. The number of hydrogen-bond acceptors (Lipinski definition) is 1. The van der Waals surface area contributed by atoms with E-state index in [4.69, 9.17) is 4.74 Å². The summed E-state index contributed by atoms with van der Waals surface area (Å²) in [6.07, 6.45) is 6.38. The Balaban J connectivity index is 1.85. The zero-order chi connectivity index (χ0) is 11.3. The molecule has 1 heteroatoms. The van der Waals surface area contributed by atoms with Gasteiger partial charge in [-0.1, -0.05) is 20.8 Å². The molecular weight excluding hydrogens is 196 g/mol. The Morgan fingerprint density at radius 3 is 2.50 bits per heavy atom. The molecule has 0 radical (unpaired) electrons. The van der Waals surface area contributed by atoms with Crippen LogP contribution < -0.4 is 0 Å². The molecule has 1 spiro atoms. The molecular formula is C15H24O. The summed E-state index contributed by atoms with van der Waals surface area (Å²) in [6.45, 7) is 9.93. The normalized spacial score (nSPS) is 65.2. The highest BCUT2D eigenvalue weighted by Gasteiger charge is 2.76. The third-order valence-corrected chi connectivity index (χ3v) is 7.18. The lowest BCUT2D eigenvalue weighted by molar-refractivity contribution is 0.0866. The molecule has 1 nitrogen and oxygen atoms in total. The number of rotatable bonds is 0. The van der Waals surface area contributed by atoms with Gasteiger partial charge in [-0.25, -0.2) is 0 Å². The van der Waals surface area contributed by atoms with Gasteiger partial charge in [0.05, 0.1) is 11.7 Å². The van der Waals surface area contributed by atoms with Crippen LogP contribution in [0.25, 0.3) is 0 Å². The lowest BCUT2D eigenvalue weighted by Crippen LogP contribution is -2.36. The molecule has 4 fully saturated rings. The summed E-state index contributed by atoms with van der Waals surface area (Å²) in [5, 5.41) is 0. The molecule has 16 heavy (non-hydrogen) atoms. The highest BCUT2D eigenvalue weighted by Crippen LogP contribution is 2.77. The molecule has 4 aliphatic rings. The van der Waals surface area contributed by atoms with Gasteiger partial charge in [0.2, 0.25) is 0 Å². The van der Waals surface area contributed by atoms with Crippen LogP contribution in [0.15, 0.2) is 0 Å². The van der Waals surface area contributed by atoms with Crippen molar-refractivity contribution in [2.45, 2.75) is 65.1 Å². The third kappa shape index (κ3) is 0.805. The molecule has 0 N–H and O–H groups in total. The number of epoxide rings is 1. The fourth-order valence-electron chi connectivity index (χ4n) is 6.21. The summed E-state index contributed by atoms with van der Waals surface area (Å²) >= 11 is 0. The summed E-state index contributed by atoms with van der Waals surface area (Å²) in [6, 6.07) is 0. The monoisotopic (exact) mass is 220 g/mol. The topological polar surface area (TPSA) is 12.5 Å². The number of ether oxygens (including phenoxy) is 1. The van der Waals surface area contributed by atoms with Gasteiger partial charge in [0.15, 0.2) is 0 Å². The van der Waals surface area contributed by atoms with E-state index in [0.717, 1.165) is 17.8 Å². The van der Waals surface area contributed by atoms with Crippen LogP contribution in [0, 0.1) is 28.6 Å². The second-order valence-electron chi connectivity index (χ2n) is 7.84. The summed E-state index contributed by atoms with van der Waals surface area (Å²) in [7, 11) is 0. The van der Waals surface area contributed by atoms with Gasteiger partial charge < -0.3 is 4.74 Å². The van der Waals surface area contributed by atoms with E-state index in [2.05, 4.69) is 27.7 Å². The minimum atomic E-state index is 0.263. The summed E-state index contributed by atoms with van der Waals surface area (Å²) < 4.78 is 6.09. The van der Waals surface area contributed by atoms with E-state index < -0.39 is 0 Å². The Morgan fingerprint density at radius 2 is 1.75 bits per heavy atom. The summed E-state index contributed by atoms with van der Waals surface area (Å²) in [5.74, 6) is 2.75. The third-order valence-electron chi connectivity index (χ3n) is 7.18. The minimum absolute atomic E-state index is 0.263. The van der Waals surface area contributed by atoms with Gasteiger partial charge in [0.1, 0.15) is 0 Å². The Bertz CT molecular complexity index is 356. The maximum Gasteiger partial charge on any atom is 0.0954 e. The van der Waals surface area contributed by atoms with E-state index in [1.54, 1.807) is 0 Å². The van der Waals surface area contributed by atoms with Crippen molar-refractivity contribution in [2.24, 2.45) is 28.6 Å². The van der Waals surface area contributed by atoms with Crippen molar-refractivity contribution in [3.05, 3.63) is 0 Å². The molecule has 1 heterocycles. The van der Waals surface area contributed by atoms with E-state index in [1.165, 1.54) is 25.7 Å². The van der Waals surface area contributed by atoms with Gasteiger partial charge in [-0.3, -0.25) is 0 Å². The van der Waals surface area contributed by atoms with Gasteiger partial charge >= 0.3 is 0 Å². The highest BCUT2D eigenvalue weighted by atomic mass is 16.6. The standard InChI is InChI=1S/C15H24O/c1-9-5-6-10-13(2,3)11-7-15(9,10)8-12-14(11,4)16-12/h9-12H,5-8H2,1-4H3/t9-,10+,11+,12-,14-,15+/m1/s1. The van der Waals surface area contributed by atoms with E-state index in [0.29, 0.717) is 16.9 Å². The van der Waals surface area contributed by atoms with Crippen LogP contribution in [0.3, 0.4) is 0 Å². The van der Waals surface area contributed by atoms with E-state index in [9.17, 15) is 0 Å². The molecule has 2 bridgehead atoms. The van der Waals surface area contributed by atoms with Crippen LogP contribution in [0.1, 0.15) is 53.4 Å². The molecule has 3 aliphatic carbocycles. The number of hydrogen-bond donors (Lipinski definition) is 0. The Labute approximate surface area is 98.9 Å². The Morgan fingerprint density at radius 1 is 1.00 bits per heavy atom. The fraction of sp³-hybridized carbons (Fsp3) is 1.00. The minimum Gasteiger partial charge on any atom is -0.366 e. The molecule has 0 aromatic rings. The van der Waals surface area contributed by atoms with Crippen LogP contribution in [0.2, 0.25) is 0 Å². The Kier molecular flexibility index (Phi) is 1.48. The van der Waals surface area contributed by atoms with E-state index in [1.807, 2.05) is 0 Å². The van der Waals surface area contributed by atoms with Crippen molar-refractivity contribution in [1.29, 1.82) is 0 Å². The van der Waals surface area contributed by atoms with Crippen LogP contribution in [0.5, 0.6) is 0 Å². The molecule has 3 saturated carbocycles. The summed E-state index contributed by atoms with van der Waals surface area (Å²) in [5.41, 5.74) is 1.44. The average Bonchev–Trinajstić information content (AvgIpc) is 2.67. The zero-order valence-corrected chi connectivity index (χ0v) is 11.0.